The van der Waals surface area contributed by atoms with E-state index in [4.69, 9.17) is 5.73 Å². The number of hydrogen-bond donors (Lipinski definition) is 1. The predicted octanol–water partition coefficient (Wildman–Crippen LogP) is 3.22. The molecule has 1 aliphatic heterocycles. The smallest absolute Gasteiger partial charge is 0.254 e. The van der Waals surface area contributed by atoms with E-state index in [1.54, 1.807) is 6.07 Å². The van der Waals surface area contributed by atoms with Crippen LogP contribution in [0.4, 0.5) is 5.82 Å². The van der Waals surface area contributed by atoms with Crippen molar-refractivity contribution in [1.82, 2.24) is 9.88 Å². The van der Waals surface area contributed by atoms with Gasteiger partial charge in [-0.25, -0.2) is 4.98 Å². The molecule has 0 spiro atoms. The molecule has 0 bridgehead atoms. The van der Waals surface area contributed by atoms with E-state index in [0.717, 1.165) is 37.5 Å². The van der Waals surface area contributed by atoms with E-state index >= 15 is 0 Å². The maximum absolute atomic E-state index is 12.7. The Labute approximate surface area is 127 Å². The van der Waals surface area contributed by atoms with E-state index in [1.807, 2.05) is 11.0 Å². The average Bonchev–Trinajstić information content (AvgIpc) is 2.45. The molecular formula is C17H27N3O. The van der Waals surface area contributed by atoms with Gasteiger partial charge in [-0.1, -0.05) is 34.1 Å². The SMILES string of the molecule is CCC1CCN(C(=O)c2cc(N)nc(C(C)(C)C)c2)CC1. The van der Waals surface area contributed by atoms with Crippen LogP contribution in [0.3, 0.4) is 0 Å². The van der Waals surface area contributed by atoms with E-state index in [1.165, 1.54) is 6.42 Å². The number of hydrogen-bond acceptors (Lipinski definition) is 3. The van der Waals surface area contributed by atoms with Crippen LogP contribution in [0.2, 0.25) is 0 Å². The zero-order chi connectivity index (χ0) is 15.6. The number of likely N-dealkylation sites (tertiary alicyclic amines) is 1. The van der Waals surface area contributed by atoms with Crippen LogP contribution < -0.4 is 5.73 Å². The maximum atomic E-state index is 12.7. The summed E-state index contributed by atoms with van der Waals surface area (Å²) < 4.78 is 0. The van der Waals surface area contributed by atoms with Gasteiger partial charge in [0, 0.05) is 29.8 Å². The quantitative estimate of drug-likeness (QED) is 0.909. The molecule has 0 aliphatic carbocycles. The lowest BCUT2D eigenvalue weighted by atomic mass is 9.90. The highest BCUT2D eigenvalue weighted by molar-refractivity contribution is 5.95. The van der Waals surface area contributed by atoms with Crippen LogP contribution in [0.1, 0.15) is 63.0 Å². The lowest BCUT2D eigenvalue weighted by Crippen LogP contribution is -2.38. The molecule has 2 heterocycles. The lowest BCUT2D eigenvalue weighted by molar-refractivity contribution is 0.0688. The first-order chi connectivity index (χ1) is 9.81. The van der Waals surface area contributed by atoms with Gasteiger partial charge in [-0.2, -0.15) is 0 Å². The summed E-state index contributed by atoms with van der Waals surface area (Å²) in [4.78, 5) is 19.0. The molecule has 0 unspecified atom stereocenters. The number of amides is 1. The van der Waals surface area contributed by atoms with Gasteiger partial charge in [0.05, 0.1) is 0 Å². The molecule has 1 aromatic rings. The number of nitrogen functional groups attached to an aromatic ring is 1. The molecule has 2 N–H and O–H groups in total. The Morgan fingerprint density at radius 2 is 1.95 bits per heavy atom. The highest BCUT2D eigenvalue weighted by atomic mass is 16.2. The van der Waals surface area contributed by atoms with Gasteiger partial charge in [0.15, 0.2) is 0 Å². The fourth-order valence-corrected chi connectivity index (χ4v) is 2.79. The molecule has 4 nitrogen and oxygen atoms in total. The number of carbonyl (C=O) groups excluding carboxylic acids is 1. The molecule has 0 saturated carbocycles. The predicted molar refractivity (Wildman–Crippen MR) is 86.3 cm³/mol. The second-order valence-corrected chi connectivity index (χ2v) is 7.06. The number of nitrogens with two attached hydrogens (primary N) is 1. The van der Waals surface area contributed by atoms with Crippen molar-refractivity contribution in [2.75, 3.05) is 18.8 Å². The van der Waals surface area contributed by atoms with E-state index in [0.29, 0.717) is 11.4 Å². The Balaban J connectivity index is 2.18. The van der Waals surface area contributed by atoms with Crippen molar-refractivity contribution >= 4 is 11.7 Å². The zero-order valence-electron chi connectivity index (χ0n) is 13.6. The second-order valence-electron chi connectivity index (χ2n) is 7.06. The standard InChI is InChI=1S/C17H27N3O/c1-5-12-6-8-20(9-7-12)16(21)13-10-14(17(2,3)4)19-15(18)11-13/h10-12H,5-9H2,1-4H3,(H2,18,19). The van der Waals surface area contributed by atoms with Crippen molar-refractivity contribution in [3.8, 4) is 0 Å². The summed E-state index contributed by atoms with van der Waals surface area (Å²) in [6.07, 6.45) is 3.42. The van der Waals surface area contributed by atoms with Crippen LogP contribution in [-0.2, 0) is 5.41 Å². The molecule has 0 atom stereocenters. The number of nitrogens with zero attached hydrogens (tertiary/aromatic N) is 2. The van der Waals surface area contributed by atoms with Gasteiger partial charge < -0.3 is 10.6 Å². The third-order valence-electron chi connectivity index (χ3n) is 4.34. The summed E-state index contributed by atoms with van der Waals surface area (Å²) in [6.45, 7) is 10.2. The second kappa shape index (κ2) is 6.04. The normalized spacial score (nSPS) is 17.0. The van der Waals surface area contributed by atoms with Crippen LogP contribution in [0, 0.1) is 5.92 Å². The molecule has 21 heavy (non-hydrogen) atoms. The number of rotatable bonds is 2. The summed E-state index contributed by atoms with van der Waals surface area (Å²) in [7, 11) is 0. The molecule has 1 amide bonds. The van der Waals surface area contributed by atoms with Crippen LogP contribution in [0.15, 0.2) is 12.1 Å². The first kappa shape index (κ1) is 15.8. The topological polar surface area (TPSA) is 59.2 Å². The van der Waals surface area contributed by atoms with E-state index in [9.17, 15) is 4.79 Å². The lowest BCUT2D eigenvalue weighted by Gasteiger charge is -2.32. The maximum Gasteiger partial charge on any atom is 0.254 e. The Bertz CT molecular complexity index is 511. The van der Waals surface area contributed by atoms with E-state index in [-0.39, 0.29) is 11.3 Å². The van der Waals surface area contributed by atoms with E-state index in [2.05, 4.69) is 32.7 Å². The Kier molecular flexibility index (Phi) is 4.55. The number of piperidine rings is 1. The number of aromatic nitrogens is 1. The molecule has 2 rings (SSSR count). The van der Waals surface area contributed by atoms with Gasteiger partial charge in [0.25, 0.3) is 5.91 Å². The first-order valence-electron chi connectivity index (χ1n) is 7.88. The molecule has 4 heteroatoms. The van der Waals surface area contributed by atoms with Crippen molar-refractivity contribution in [2.45, 2.75) is 52.4 Å². The highest BCUT2D eigenvalue weighted by Gasteiger charge is 2.25. The molecule has 1 fully saturated rings. The molecule has 0 radical (unpaired) electrons. The number of anilines is 1. The summed E-state index contributed by atoms with van der Waals surface area (Å²) in [6, 6.07) is 3.59. The van der Waals surface area contributed by atoms with Crippen LogP contribution in [-0.4, -0.2) is 28.9 Å². The minimum Gasteiger partial charge on any atom is -0.384 e. The van der Waals surface area contributed by atoms with E-state index < -0.39 is 0 Å². The van der Waals surface area contributed by atoms with Gasteiger partial charge in [0.1, 0.15) is 5.82 Å². The highest BCUT2D eigenvalue weighted by Crippen LogP contribution is 2.25. The van der Waals surface area contributed by atoms with Crippen LogP contribution in [0.5, 0.6) is 0 Å². The van der Waals surface area contributed by atoms with Crippen molar-refractivity contribution in [1.29, 1.82) is 0 Å². The van der Waals surface area contributed by atoms with Gasteiger partial charge in [-0.3, -0.25) is 4.79 Å². The van der Waals surface area contributed by atoms with Crippen molar-refractivity contribution in [3.63, 3.8) is 0 Å². The summed E-state index contributed by atoms with van der Waals surface area (Å²) in [5, 5.41) is 0. The molecule has 1 aromatic heterocycles. The minimum absolute atomic E-state index is 0.0872. The number of carbonyl (C=O) groups is 1. The summed E-state index contributed by atoms with van der Waals surface area (Å²) >= 11 is 0. The zero-order valence-corrected chi connectivity index (χ0v) is 13.6. The summed E-state index contributed by atoms with van der Waals surface area (Å²) in [5.74, 6) is 1.28. The largest absolute Gasteiger partial charge is 0.384 e. The monoisotopic (exact) mass is 289 g/mol. The van der Waals surface area contributed by atoms with Crippen LogP contribution >= 0.6 is 0 Å². The Hall–Kier alpha value is -1.58. The fourth-order valence-electron chi connectivity index (χ4n) is 2.79. The first-order valence-corrected chi connectivity index (χ1v) is 7.88. The molecular weight excluding hydrogens is 262 g/mol. The Morgan fingerprint density at radius 3 is 2.48 bits per heavy atom. The van der Waals surface area contributed by atoms with Gasteiger partial charge in [-0.15, -0.1) is 0 Å². The molecule has 0 aromatic carbocycles. The van der Waals surface area contributed by atoms with Gasteiger partial charge in [0.2, 0.25) is 0 Å². The van der Waals surface area contributed by atoms with Crippen LogP contribution in [0.25, 0.3) is 0 Å². The van der Waals surface area contributed by atoms with Gasteiger partial charge >= 0.3 is 0 Å². The van der Waals surface area contributed by atoms with Crippen molar-refractivity contribution in [3.05, 3.63) is 23.4 Å². The molecule has 1 aliphatic rings. The fraction of sp³-hybridized carbons (Fsp3) is 0.647. The summed E-state index contributed by atoms with van der Waals surface area (Å²) in [5.41, 5.74) is 7.31. The third kappa shape index (κ3) is 3.74. The van der Waals surface area contributed by atoms with Gasteiger partial charge in [-0.05, 0) is 30.9 Å². The average molecular weight is 289 g/mol. The minimum atomic E-state index is -0.111. The molecule has 116 valence electrons. The van der Waals surface area contributed by atoms with Crippen molar-refractivity contribution in [2.24, 2.45) is 5.92 Å². The molecule has 1 saturated heterocycles. The Morgan fingerprint density at radius 1 is 1.33 bits per heavy atom. The third-order valence-corrected chi connectivity index (χ3v) is 4.34. The number of pyridine rings is 1. The van der Waals surface area contributed by atoms with Crippen molar-refractivity contribution < 1.29 is 4.79 Å².